The number of hydrogen-bond acceptors (Lipinski definition) is 3. The fourth-order valence-electron chi connectivity index (χ4n) is 2.16. The number of rotatable bonds is 5. The van der Waals surface area contributed by atoms with E-state index in [1.165, 1.54) is 0 Å². The van der Waals surface area contributed by atoms with E-state index in [0.29, 0.717) is 12.5 Å². The fraction of sp³-hybridized carbons (Fsp3) is 0.917. The fourth-order valence-corrected chi connectivity index (χ4v) is 2.16. The molecule has 3 atom stereocenters. The van der Waals surface area contributed by atoms with Crippen molar-refractivity contribution in [3.8, 4) is 0 Å². The summed E-state index contributed by atoms with van der Waals surface area (Å²) in [5, 5.41) is 15.6. The lowest BCUT2D eigenvalue weighted by atomic mass is 9.92. The topological polar surface area (TPSA) is 61.4 Å². The minimum Gasteiger partial charge on any atom is -0.391 e. The predicted octanol–water partition coefficient (Wildman–Crippen LogP) is 0.652. The van der Waals surface area contributed by atoms with E-state index in [-0.39, 0.29) is 11.9 Å². The highest BCUT2D eigenvalue weighted by molar-refractivity contribution is 5.82. The Kier molecular flexibility index (Phi) is 5.77. The van der Waals surface area contributed by atoms with Crippen molar-refractivity contribution in [2.24, 2.45) is 5.92 Å². The average Bonchev–Trinajstić information content (AvgIpc) is 2.27. The van der Waals surface area contributed by atoms with Crippen molar-refractivity contribution in [2.75, 3.05) is 13.1 Å². The lowest BCUT2D eigenvalue weighted by molar-refractivity contribution is -0.125. The minimum absolute atomic E-state index is 0.0300. The molecule has 3 unspecified atom stereocenters. The molecule has 0 saturated carbocycles. The molecule has 16 heavy (non-hydrogen) atoms. The zero-order valence-electron chi connectivity index (χ0n) is 10.3. The molecule has 1 aliphatic heterocycles. The zero-order valence-corrected chi connectivity index (χ0v) is 10.3. The number of amides is 1. The molecular formula is C12H24N2O2. The first-order valence-electron chi connectivity index (χ1n) is 6.34. The Bertz CT molecular complexity index is 221. The summed E-state index contributed by atoms with van der Waals surface area (Å²) in [7, 11) is 0. The molecule has 1 heterocycles. The Morgan fingerprint density at radius 3 is 3.00 bits per heavy atom. The molecule has 0 aliphatic carbocycles. The molecule has 0 bridgehead atoms. The second-order valence-corrected chi connectivity index (χ2v) is 4.74. The molecule has 3 N–H and O–H groups in total. The van der Waals surface area contributed by atoms with Gasteiger partial charge in [0.15, 0.2) is 0 Å². The first-order chi connectivity index (χ1) is 7.65. The summed E-state index contributed by atoms with van der Waals surface area (Å²) in [6.07, 6.45) is 3.52. The normalized spacial score (nSPS) is 27.4. The van der Waals surface area contributed by atoms with Gasteiger partial charge < -0.3 is 15.7 Å². The molecule has 94 valence electrons. The van der Waals surface area contributed by atoms with Crippen molar-refractivity contribution in [2.45, 2.75) is 51.7 Å². The third-order valence-electron chi connectivity index (χ3n) is 3.19. The van der Waals surface area contributed by atoms with Gasteiger partial charge in [-0.05, 0) is 31.7 Å². The zero-order chi connectivity index (χ0) is 12.0. The van der Waals surface area contributed by atoms with E-state index in [9.17, 15) is 9.90 Å². The molecule has 1 fully saturated rings. The number of aliphatic hydroxyl groups is 1. The molecular weight excluding hydrogens is 204 g/mol. The second-order valence-electron chi connectivity index (χ2n) is 4.74. The quantitative estimate of drug-likeness (QED) is 0.647. The second kappa shape index (κ2) is 6.86. The van der Waals surface area contributed by atoms with Crippen LogP contribution in [0, 0.1) is 5.92 Å². The van der Waals surface area contributed by atoms with E-state index in [4.69, 9.17) is 0 Å². The highest BCUT2D eigenvalue weighted by Gasteiger charge is 2.27. The van der Waals surface area contributed by atoms with Crippen molar-refractivity contribution in [3.05, 3.63) is 0 Å². The summed E-state index contributed by atoms with van der Waals surface area (Å²) in [6, 6.07) is -0.0809. The number of carbonyl (C=O) groups excluding carboxylic acids is 1. The van der Waals surface area contributed by atoms with Gasteiger partial charge in [-0.3, -0.25) is 4.79 Å². The maximum absolute atomic E-state index is 11.8. The average molecular weight is 228 g/mol. The van der Waals surface area contributed by atoms with Gasteiger partial charge in [0.2, 0.25) is 5.91 Å². The Hall–Kier alpha value is -0.610. The van der Waals surface area contributed by atoms with Crippen LogP contribution in [-0.2, 0) is 4.79 Å². The number of aliphatic hydroxyl groups excluding tert-OH is 1. The molecule has 4 nitrogen and oxygen atoms in total. The number of nitrogens with one attached hydrogen (secondary N) is 2. The van der Waals surface area contributed by atoms with Crippen LogP contribution in [0.15, 0.2) is 0 Å². The highest BCUT2D eigenvalue weighted by atomic mass is 16.3. The van der Waals surface area contributed by atoms with Crippen LogP contribution in [0.4, 0.5) is 0 Å². The van der Waals surface area contributed by atoms with Gasteiger partial charge in [-0.15, -0.1) is 0 Å². The molecule has 0 spiro atoms. The van der Waals surface area contributed by atoms with Crippen molar-refractivity contribution in [3.63, 3.8) is 0 Å². The summed E-state index contributed by atoms with van der Waals surface area (Å²) in [4.78, 5) is 11.8. The number of hydrogen-bond donors (Lipinski definition) is 3. The molecule has 1 rings (SSSR count). The van der Waals surface area contributed by atoms with Gasteiger partial charge in [0.1, 0.15) is 0 Å². The first kappa shape index (κ1) is 13.5. The SMILES string of the molecule is CCCC(O)CNC(=O)C1NCCCC1C. The van der Waals surface area contributed by atoms with E-state index < -0.39 is 6.10 Å². The summed E-state index contributed by atoms with van der Waals surface area (Å²) in [5.41, 5.74) is 0. The summed E-state index contributed by atoms with van der Waals surface area (Å²) in [6.45, 7) is 5.41. The van der Waals surface area contributed by atoms with Crippen LogP contribution in [0.25, 0.3) is 0 Å². The van der Waals surface area contributed by atoms with E-state index in [1.807, 2.05) is 6.92 Å². The van der Waals surface area contributed by atoms with Crippen LogP contribution in [0.3, 0.4) is 0 Å². The third kappa shape index (κ3) is 4.10. The molecule has 1 aliphatic rings. The van der Waals surface area contributed by atoms with Gasteiger partial charge in [0, 0.05) is 6.54 Å². The van der Waals surface area contributed by atoms with E-state index in [0.717, 1.165) is 32.2 Å². The Labute approximate surface area is 97.8 Å². The lowest BCUT2D eigenvalue weighted by Gasteiger charge is -2.29. The molecule has 0 aromatic carbocycles. The first-order valence-corrected chi connectivity index (χ1v) is 6.34. The van der Waals surface area contributed by atoms with Crippen LogP contribution in [0.2, 0.25) is 0 Å². The predicted molar refractivity (Wildman–Crippen MR) is 64.1 cm³/mol. The number of carbonyl (C=O) groups is 1. The van der Waals surface area contributed by atoms with Crippen molar-refractivity contribution >= 4 is 5.91 Å². The van der Waals surface area contributed by atoms with Crippen LogP contribution in [-0.4, -0.2) is 36.2 Å². The largest absolute Gasteiger partial charge is 0.391 e. The smallest absolute Gasteiger partial charge is 0.237 e. The van der Waals surface area contributed by atoms with Crippen LogP contribution < -0.4 is 10.6 Å². The molecule has 0 aromatic heterocycles. The van der Waals surface area contributed by atoms with Crippen molar-refractivity contribution in [1.82, 2.24) is 10.6 Å². The van der Waals surface area contributed by atoms with Gasteiger partial charge in [0.25, 0.3) is 0 Å². The summed E-state index contributed by atoms with van der Waals surface area (Å²) >= 11 is 0. The molecule has 1 amide bonds. The maximum atomic E-state index is 11.8. The molecule has 4 heteroatoms. The molecule has 1 saturated heterocycles. The lowest BCUT2D eigenvalue weighted by Crippen LogP contribution is -2.51. The van der Waals surface area contributed by atoms with Crippen molar-refractivity contribution in [1.29, 1.82) is 0 Å². The van der Waals surface area contributed by atoms with Gasteiger partial charge >= 0.3 is 0 Å². The minimum atomic E-state index is -0.409. The van der Waals surface area contributed by atoms with Crippen LogP contribution in [0.1, 0.15) is 39.5 Å². The summed E-state index contributed by atoms with van der Waals surface area (Å²) in [5.74, 6) is 0.416. The van der Waals surface area contributed by atoms with Gasteiger partial charge in [-0.1, -0.05) is 20.3 Å². The van der Waals surface area contributed by atoms with Crippen LogP contribution >= 0.6 is 0 Å². The maximum Gasteiger partial charge on any atom is 0.237 e. The number of piperidine rings is 1. The van der Waals surface area contributed by atoms with E-state index in [1.54, 1.807) is 0 Å². The highest BCUT2D eigenvalue weighted by Crippen LogP contribution is 2.15. The van der Waals surface area contributed by atoms with E-state index in [2.05, 4.69) is 17.6 Å². The van der Waals surface area contributed by atoms with Crippen LogP contribution in [0.5, 0.6) is 0 Å². The van der Waals surface area contributed by atoms with Gasteiger partial charge in [0.05, 0.1) is 12.1 Å². The third-order valence-corrected chi connectivity index (χ3v) is 3.19. The molecule has 0 aromatic rings. The van der Waals surface area contributed by atoms with Gasteiger partial charge in [-0.2, -0.15) is 0 Å². The molecule has 0 radical (unpaired) electrons. The van der Waals surface area contributed by atoms with Crippen molar-refractivity contribution < 1.29 is 9.90 Å². The Morgan fingerprint density at radius 2 is 2.38 bits per heavy atom. The monoisotopic (exact) mass is 228 g/mol. The Balaban J connectivity index is 2.28. The Morgan fingerprint density at radius 1 is 1.62 bits per heavy atom. The summed E-state index contributed by atoms with van der Waals surface area (Å²) < 4.78 is 0. The standard InChI is InChI=1S/C12H24N2O2/c1-3-5-10(15)8-14-12(16)11-9(2)6-4-7-13-11/h9-11,13,15H,3-8H2,1-2H3,(H,14,16). The van der Waals surface area contributed by atoms with Gasteiger partial charge in [-0.25, -0.2) is 0 Å². The van der Waals surface area contributed by atoms with E-state index >= 15 is 0 Å².